The highest BCUT2D eigenvalue weighted by Crippen LogP contribution is 2.40. The van der Waals surface area contributed by atoms with Crippen LogP contribution in [0.5, 0.6) is 0 Å². The zero-order valence-corrected chi connectivity index (χ0v) is 9.41. The van der Waals surface area contributed by atoms with E-state index in [2.05, 4.69) is 17.1 Å². The van der Waals surface area contributed by atoms with Gasteiger partial charge in [0, 0.05) is 25.0 Å². The molecule has 2 aliphatic heterocycles. The summed E-state index contributed by atoms with van der Waals surface area (Å²) in [7, 11) is 0. The number of fused-ring (bicyclic) bond motifs is 1. The minimum atomic E-state index is 0.366. The summed E-state index contributed by atoms with van der Waals surface area (Å²) in [6.45, 7) is 5.30. The Kier molecular flexibility index (Phi) is 2.23. The van der Waals surface area contributed by atoms with Crippen LogP contribution in [-0.2, 0) is 4.79 Å². The maximum atomic E-state index is 12.1. The number of carbonyl (C=O) groups is 1. The van der Waals surface area contributed by atoms with Crippen molar-refractivity contribution in [2.45, 2.75) is 32.2 Å². The van der Waals surface area contributed by atoms with Crippen LogP contribution in [0.2, 0.25) is 0 Å². The molecular weight excluding hydrogens is 188 g/mol. The van der Waals surface area contributed by atoms with Gasteiger partial charge in [-0.2, -0.15) is 0 Å². The predicted molar refractivity (Wildman–Crippen MR) is 58.4 cm³/mol. The SMILES string of the molecule is CC1CC1C(=O)N1CC2CCCNC2C1. The quantitative estimate of drug-likeness (QED) is 0.693. The Balaban J connectivity index is 1.62. The molecule has 84 valence electrons. The molecule has 1 aliphatic carbocycles. The van der Waals surface area contributed by atoms with E-state index in [4.69, 9.17) is 0 Å². The highest BCUT2D eigenvalue weighted by Gasteiger charge is 2.45. The van der Waals surface area contributed by atoms with Crippen molar-refractivity contribution in [1.82, 2.24) is 10.2 Å². The molecule has 3 rings (SSSR count). The van der Waals surface area contributed by atoms with Crippen molar-refractivity contribution >= 4 is 5.91 Å². The number of rotatable bonds is 1. The molecule has 3 fully saturated rings. The van der Waals surface area contributed by atoms with Crippen molar-refractivity contribution in [3.05, 3.63) is 0 Å². The molecule has 1 saturated carbocycles. The van der Waals surface area contributed by atoms with Crippen LogP contribution in [0.15, 0.2) is 0 Å². The molecule has 3 nitrogen and oxygen atoms in total. The molecular formula is C12H20N2O. The molecule has 0 bridgehead atoms. The number of carbonyl (C=O) groups excluding carboxylic acids is 1. The van der Waals surface area contributed by atoms with Crippen molar-refractivity contribution < 1.29 is 4.79 Å². The third-order valence-electron chi connectivity index (χ3n) is 4.34. The lowest BCUT2D eigenvalue weighted by molar-refractivity contribution is -0.131. The van der Waals surface area contributed by atoms with E-state index in [9.17, 15) is 4.79 Å². The van der Waals surface area contributed by atoms with Gasteiger partial charge in [0.05, 0.1) is 0 Å². The zero-order valence-electron chi connectivity index (χ0n) is 9.41. The van der Waals surface area contributed by atoms with E-state index >= 15 is 0 Å². The summed E-state index contributed by atoms with van der Waals surface area (Å²) >= 11 is 0. The molecule has 4 unspecified atom stereocenters. The van der Waals surface area contributed by atoms with Gasteiger partial charge < -0.3 is 10.2 Å². The molecule has 0 aromatic rings. The highest BCUT2D eigenvalue weighted by molar-refractivity contribution is 5.82. The first kappa shape index (κ1) is 9.64. The van der Waals surface area contributed by atoms with E-state index in [1.807, 2.05) is 0 Å². The molecule has 0 spiro atoms. The fraction of sp³-hybridized carbons (Fsp3) is 0.917. The number of hydrogen-bond acceptors (Lipinski definition) is 2. The fourth-order valence-corrected chi connectivity index (χ4v) is 3.13. The number of nitrogens with zero attached hydrogens (tertiary/aromatic N) is 1. The number of amides is 1. The third kappa shape index (κ3) is 1.67. The first-order valence-corrected chi connectivity index (χ1v) is 6.28. The molecule has 0 aromatic heterocycles. The maximum Gasteiger partial charge on any atom is 0.226 e. The molecule has 2 saturated heterocycles. The molecule has 1 amide bonds. The van der Waals surface area contributed by atoms with Crippen LogP contribution >= 0.6 is 0 Å². The summed E-state index contributed by atoms with van der Waals surface area (Å²) in [5.41, 5.74) is 0. The van der Waals surface area contributed by atoms with Gasteiger partial charge in [0.25, 0.3) is 0 Å². The largest absolute Gasteiger partial charge is 0.341 e. The van der Waals surface area contributed by atoms with Gasteiger partial charge in [0.1, 0.15) is 0 Å². The number of hydrogen-bond donors (Lipinski definition) is 1. The molecule has 2 heterocycles. The molecule has 15 heavy (non-hydrogen) atoms. The van der Waals surface area contributed by atoms with Crippen LogP contribution in [0.3, 0.4) is 0 Å². The van der Waals surface area contributed by atoms with Gasteiger partial charge in [-0.1, -0.05) is 6.92 Å². The lowest BCUT2D eigenvalue weighted by atomic mass is 9.94. The van der Waals surface area contributed by atoms with Crippen molar-refractivity contribution in [2.24, 2.45) is 17.8 Å². The Labute approximate surface area is 91.2 Å². The van der Waals surface area contributed by atoms with Crippen molar-refractivity contribution in [2.75, 3.05) is 19.6 Å². The second-order valence-electron chi connectivity index (χ2n) is 5.53. The average Bonchev–Trinajstić information content (AvgIpc) is 2.81. The van der Waals surface area contributed by atoms with E-state index in [0.29, 0.717) is 23.8 Å². The van der Waals surface area contributed by atoms with Gasteiger partial charge in [0.2, 0.25) is 5.91 Å². The maximum absolute atomic E-state index is 12.1. The summed E-state index contributed by atoms with van der Waals surface area (Å²) in [6, 6.07) is 0.594. The number of likely N-dealkylation sites (tertiary alicyclic amines) is 1. The highest BCUT2D eigenvalue weighted by atomic mass is 16.2. The van der Waals surface area contributed by atoms with Gasteiger partial charge in [-0.05, 0) is 37.6 Å². The van der Waals surface area contributed by atoms with Crippen molar-refractivity contribution in [3.63, 3.8) is 0 Å². The van der Waals surface area contributed by atoms with Crippen molar-refractivity contribution in [1.29, 1.82) is 0 Å². The Bertz CT molecular complexity index is 265. The molecule has 3 aliphatic rings. The first-order chi connectivity index (χ1) is 7.25. The zero-order chi connectivity index (χ0) is 10.4. The average molecular weight is 208 g/mol. The summed E-state index contributed by atoms with van der Waals surface area (Å²) in [6.07, 6.45) is 3.71. The van der Waals surface area contributed by atoms with Gasteiger partial charge in [-0.25, -0.2) is 0 Å². The lowest BCUT2D eigenvalue weighted by Crippen LogP contribution is -2.41. The van der Waals surface area contributed by atoms with Gasteiger partial charge in [-0.15, -0.1) is 0 Å². The molecule has 4 atom stereocenters. The summed E-state index contributed by atoms with van der Waals surface area (Å²) in [5.74, 6) is 2.17. The number of piperidine rings is 1. The minimum Gasteiger partial charge on any atom is -0.341 e. The van der Waals surface area contributed by atoms with Crippen LogP contribution in [0.25, 0.3) is 0 Å². The Hall–Kier alpha value is -0.570. The van der Waals surface area contributed by atoms with Crippen molar-refractivity contribution in [3.8, 4) is 0 Å². The molecule has 0 aromatic carbocycles. The standard InChI is InChI=1S/C12H20N2O/c1-8-5-10(8)12(15)14-6-9-3-2-4-13-11(9)7-14/h8-11,13H,2-7H2,1H3. The smallest absolute Gasteiger partial charge is 0.226 e. The second-order valence-corrected chi connectivity index (χ2v) is 5.53. The summed E-state index contributed by atoms with van der Waals surface area (Å²) in [4.78, 5) is 14.2. The first-order valence-electron chi connectivity index (χ1n) is 6.28. The third-order valence-corrected chi connectivity index (χ3v) is 4.34. The van der Waals surface area contributed by atoms with E-state index in [1.165, 1.54) is 12.8 Å². The van der Waals surface area contributed by atoms with E-state index < -0.39 is 0 Å². The molecule has 0 radical (unpaired) electrons. The molecule has 3 heteroatoms. The predicted octanol–water partition coefficient (Wildman–Crippen LogP) is 0.853. The lowest BCUT2D eigenvalue weighted by Gasteiger charge is -2.24. The van der Waals surface area contributed by atoms with Crippen LogP contribution < -0.4 is 5.32 Å². The normalized spacial score (nSPS) is 43.9. The fourth-order valence-electron chi connectivity index (χ4n) is 3.13. The summed E-state index contributed by atoms with van der Waals surface area (Å²) in [5, 5.41) is 3.54. The van der Waals surface area contributed by atoms with Crippen LogP contribution in [0.4, 0.5) is 0 Å². The Morgan fingerprint density at radius 2 is 2.20 bits per heavy atom. The number of nitrogens with one attached hydrogen (secondary N) is 1. The Morgan fingerprint density at radius 1 is 1.40 bits per heavy atom. The van der Waals surface area contributed by atoms with Crippen LogP contribution in [0, 0.1) is 17.8 Å². The van der Waals surface area contributed by atoms with Gasteiger partial charge in [0.15, 0.2) is 0 Å². The topological polar surface area (TPSA) is 32.3 Å². The van der Waals surface area contributed by atoms with E-state index in [1.54, 1.807) is 0 Å². The summed E-state index contributed by atoms with van der Waals surface area (Å²) < 4.78 is 0. The van der Waals surface area contributed by atoms with Gasteiger partial charge in [-0.3, -0.25) is 4.79 Å². The van der Waals surface area contributed by atoms with Gasteiger partial charge >= 0.3 is 0 Å². The van der Waals surface area contributed by atoms with Crippen LogP contribution in [-0.4, -0.2) is 36.5 Å². The molecule has 1 N–H and O–H groups in total. The minimum absolute atomic E-state index is 0.366. The monoisotopic (exact) mass is 208 g/mol. The van der Waals surface area contributed by atoms with Crippen LogP contribution in [0.1, 0.15) is 26.2 Å². The Morgan fingerprint density at radius 3 is 2.87 bits per heavy atom. The van der Waals surface area contributed by atoms with E-state index in [-0.39, 0.29) is 0 Å². The second kappa shape index (κ2) is 3.48. The van der Waals surface area contributed by atoms with E-state index in [0.717, 1.165) is 32.0 Å².